The van der Waals surface area contributed by atoms with Crippen molar-refractivity contribution in [1.29, 1.82) is 0 Å². The zero-order chi connectivity index (χ0) is 32.2. The highest BCUT2D eigenvalue weighted by molar-refractivity contribution is 5.29. The summed E-state index contributed by atoms with van der Waals surface area (Å²) in [5.41, 5.74) is 12.5. The van der Waals surface area contributed by atoms with E-state index in [0.29, 0.717) is 35.9 Å². The van der Waals surface area contributed by atoms with Gasteiger partial charge in [0.05, 0.1) is 24.4 Å². The van der Waals surface area contributed by atoms with Crippen molar-refractivity contribution in [3.8, 4) is 0 Å². The molecule has 18 atom stereocenters. The molecule has 8 N–H and O–H groups in total. The molecule has 5 nitrogen and oxygen atoms in total. The molecular weight excluding hydrogens is 590 g/mol. The van der Waals surface area contributed by atoms with Gasteiger partial charge in [0.25, 0.3) is 0 Å². The van der Waals surface area contributed by atoms with Crippen molar-refractivity contribution in [2.75, 3.05) is 13.2 Å². The zero-order valence-corrected chi connectivity index (χ0v) is 30.5. The van der Waals surface area contributed by atoms with Crippen LogP contribution in [-0.2, 0) is 4.74 Å². The summed E-state index contributed by atoms with van der Waals surface area (Å²) in [5.74, 6) is 12.3. The van der Waals surface area contributed by atoms with E-state index >= 15 is 0 Å². The van der Waals surface area contributed by atoms with Crippen molar-refractivity contribution in [3.05, 3.63) is 0 Å². The Bertz CT molecular complexity index is 1270. The second-order valence-corrected chi connectivity index (χ2v) is 21.5. The molecule has 12 rings (SSSR count). The molecule has 7 unspecified atom stereocenters. The third-order valence-electron chi connectivity index (χ3n) is 20.3. The molecule has 12 fully saturated rings. The number of rotatable bonds is 3. The van der Waals surface area contributed by atoms with Crippen LogP contribution in [0.25, 0.3) is 0 Å². The summed E-state index contributed by atoms with van der Waals surface area (Å²) >= 11 is 0. The summed E-state index contributed by atoms with van der Waals surface area (Å²) in [6, 6.07) is 0. The standard InChI is InChI=1S/C43H69N3O2/c1-40(26-8-2-3-9-26)39-30-15-13-27(22-47)42(39,45)23-43(48-40)32-20-41(17-4-5-18-41)19-31-34(25-12-16-33(44)46-21-25)28-10-6-7-24-11-14-29(38(30)43)37(35(24)28)36(31)32/h24-39,46-47H,2-23,44-45H2,1H3/p+2/t24?,25?,27-,28?,29?,30-,31+,32-,33?,34-,35?,36-,37?,38+,39-,40+,42-,43-/m1/s1. The molecule has 5 heteroatoms. The first kappa shape index (κ1) is 31.3. The smallest absolute Gasteiger partial charge is 0.137 e. The lowest BCUT2D eigenvalue weighted by molar-refractivity contribution is -0.704. The topological polar surface area (TPSA) is 99.7 Å². The molecule has 48 heavy (non-hydrogen) atoms. The van der Waals surface area contributed by atoms with E-state index in [2.05, 4.69) is 12.2 Å². The van der Waals surface area contributed by atoms with Gasteiger partial charge in [0.1, 0.15) is 11.7 Å². The van der Waals surface area contributed by atoms with Crippen LogP contribution in [0.1, 0.15) is 135 Å². The zero-order valence-electron chi connectivity index (χ0n) is 30.5. The van der Waals surface area contributed by atoms with Gasteiger partial charge in [0, 0.05) is 30.6 Å². The van der Waals surface area contributed by atoms with Crippen LogP contribution in [0.5, 0.6) is 0 Å². The summed E-state index contributed by atoms with van der Waals surface area (Å²) in [5, 5.41) is 13.7. The SMILES string of the molecule is C[C@@]1(C2CCCC2)O[C@@]23C[C@@]4([NH3+])[C@@H](CO)CC[C@H]([C@@H]2C2CCC5CCCC6C5C2[C@@H]2[C@@H](CC5(CCCC5)C[C@H]23)[C@@H]6C2CCC(N)[NH2+]C2)[C@@H]41. The average molecular weight is 662 g/mol. The maximum absolute atomic E-state index is 11.1. The van der Waals surface area contributed by atoms with Gasteiger partial charge >= 0.3 is 0 Å². The number of aliphatic hydroxyl groups excluding tert-OH is 1. The van der Waals surface area contributed by atoms with E-state index in [1.165, 1.54) is 129 Å². The minimum atomic E-state index is -0.0543. The average Bonchev–Trinajstić information content (AvgIpc) is 3.79. The first-order valence-electron chi connectivity index (χ1n) is 22.1. The van der Waals surface area contributed by atoms with Gasteiger partial charge in [0.15, 0.2) is 0 Å². The summed E-state index contributed by atoms with van der Waals surface area (Å²) in [6.45, 7) is 4.28. The first-order chi connectivity index (χ1) is 23.3. The van der Waals surface area contributed by atoms with Crippen LogP contribution in [0, 0.1) is 94.2 Å². The second-order valence-electron chi connectivity index (χ2n) is 21.5. The molecule has 3 heterocycles. The number of fused-ring (bicyclic) bond motifs is 1. The minimum absolute atomic E-state index is 0.00757. The Morgan fingerprint density at radius 3 is 2.31 bits per heavy atom. The molecule has 4 bridgehead atoms. The van der Waals surface area contributed by atoms with E-state index in [0.717, 1.165) is 71.0 Å². The Kier molecular flexibility index (Phi) is 6.98. The molecule has 2 spiro atoms. The Morgan fingerprint density at radius 2 is 1.54 bits per heavy atom. The highest BCUT2D eigenvalue weighted by atomic mass is 16.5. The van der Waals surface area contributed by atoms with E-state index in [1.807, 2.05) is 0 Å². The van der Waals surface area contributed by atoms with Gasteiger partial charge in [-0.1, -0.05) is 38.5 Å². The molecule has 0 aromatic carbocycles. The molecule has 268 valence electrons. The van der Waals surface area contributed by atoms with E-state index in [9.17, 15) is 5.11 Å². The Morgan fingerprint density at radius 1 is 0.750 bits per heavy atom. The molecule has 0 aromatic heterocycles. The second kappa shape index (κ2) is 10.7. The van der Waals surface area contributed by atoms with Crippen LogP contribution in [0.15, 0.2) is 0 Å². The predicted molar refractivity (Wildman–Crippen MR) is 187 cm³/mol. The van der Waals surface area contributed by atoms with Crippen LogP contribution in [0.2, 0.25) is 0 Å². The molecule has 3 aliphatic heterocycles. The molecular formula is C43H71N3O2+2. The number of hydrogen-bond acceptors (Lipinski definition) is 3. The molecule has 0 amide bonds. The van der Waals surface area contributed by atoms with Gasteiger partial charge in [-0.05, 0) is 160 Å². The van der Waals surface area contributed by atoms with E-state index < -0.39 is 0 Å². The number of aliphatic hydroxyl groups is 1. The number of quaternary nitrogens is 2. The molecule has 9 aliphatic carbocycles. The summed E-state index contributed by atoms with van der Waals surface area (Å²) in [6.07, 6.45) is 28.7. The fraction of sp³-hybridized carbons (Fsp3) is 1.00. The molecule has 12 aliphatic rings. The molecule has 0 aromatic rings. The monoisotopic (exact) mass is 662 g/mol. The number of ether oxygens (including phenoxy) is 1. The lowest BCUT2D eigenvalue weighted by Crippen LogP contribution is -2.96. The number of nitrogens with two attached hydrogens (primary N) is 2. The van der Waals surface area contributed by atoms with E-state index in [4.69, 9.17) is 16.2 Å². The van der Waals surface area contributed by atoms with E-state index in [-0.39, 0.29) is 16.7 Å². The molecule has 0 radical (unpaired) electrons. The van der Waals surface area contributed by atoms with Gasteiger partial charge in [-0.25, -0.2) is 0 Å². The third-order valence-corrected chi connectivity index (χ3v) is 20.3. The highest BCUT2D eigenvalue weighted by Crippen LogP contribution is 2.80. The van der Waals surface area contributed by atoms with E-state index in [1.54, 1.807) is 6.42 Å². The molecule has 9 saturated carbocycles. The first-order valence-corrected chi connectivity index (χ1v) is 22.1. The van der Waals surface area contributed by atoms with Crippen LogP contribution in [-0.4, -0.2) is 41.2 Å². The summed E-state index contributed by atoms with van der Waals surface area (Å²) in [4.78, 5) is 0. The lowest BCUT2D eigenvalue weighted by atomic mass is 9.29. The molecule has 3 saturated heterocycles. The maximum Gasteiger partial charge on any atom is 0.137 e. The van der Waals surface area contributed by atoms with Gasteiger partial charge in [0.2, 0.25) is 0 Å². The van der Waals surface area contributed by atoms with Crippen LogP contribution in [0.4, 0.5) is 0 Å². The van der Waals surface area contributed by atoms with Crippen LogP contribution in [0.3, 0.4) is 0 Å². The van der Waals surface area contributed by atoms with Crippen molar-refractivity contribution >= 4 is 0 Å². The third kappa shape index (κ3) is 3.89. The van der Waals surface area contributed by atoms with Crippen molar-refractivity contribution < 1.29 is 20.9 Å². The van der Waals surface area contributed by atoms with Gasteiger partial charge in [-0.3, -0.25) is 5.73 Å². The minimum Gasteiger partial charge on any atom is -0.396 e. The Balaban J connectivity index is 1.11. The quantitative estimate of drug-likeness (QED) is 0.322. The van der Waals surface area contributed by atoms with Crippen LogP contribution < -0.4 is 16.8 Å². The maximum atomic E-state index is 11.1. The fourth-order valence-electron chi connectivity index (χ4n) is 19.5. The van der Waals surface area contributed by atoms with Crippen LogP contribution >= 0.6 is 0 Å². The Labute approximate surface area is 291 Å². The van der Waals surface area contributed by atoms with Crippen molar-refractivity contribution in [1.82, 2.24) is 0 Å². The van der Waals surface area contributed by atoms with Gasteiger partial charge in [-0.15, -0.1) is 0 Å². The lowest BCUT2D eigenvalue weighted by Gasteiger charge is -2.80. The van der Waals surface area contributed by atoms with Crippen molar-refractivity contribution in [2.24, 2.45) is 99.9 Å². The summed E-state index contributed by atoms with van der Waals surface area (Å²) in [7, 11) is 0. The number of hydrogen-bond donors (Lipinski definition) is 4. The van der Waals surface area contributed by atoms with Crippen molar-refractivity contribution in [3.63, 3.8) is 0 Å². The Hall–Kier alpha value is -0.200. The normalized spacial score (nSPS) is 60.9. The fourth-order valence-corrected chi connectivity index (χ4v) is 19.5. The largest absolute Gasteiger partial charge is 0.396 e. The predicted octanol–water partition coefficient (Wildman–Crippen LogP) is 5.50. The van der Waals surface area contributed by atoms with Gasteiger partial charge < -0.3 is 20.9 Å². The van der Waals surface area contributed by atoms with Gasteiger partial charge in [-0.2, -0.15) is 0 Å². The summed E-state index contributed by atoms with van der Waals surface area (Å²) < 4.78 is 8.42. The number of piperidine rings is 1. The van der Waals surface area contributed by atoms with Crippen molar-refractivity contribution in [2.45, 2.75) is 158 Å². The highest BCUT2D eigenvalue weighted by Gasteiger charge is 2.82.